The molecule has 0 saturated carbocycles. The maximum atomic E-state index is 8.77. The van der Waals surface area contributed by atoms with E-state index < -0.39 is 0 Å². The third-order valence-electron chi connectivity index (χ3n) is 2.35. The molecular formula is C10H18N2O. The van der Waals surface area contributed by atoms with Gasteiger partial charge in [-0.15, -0.1) is 0 Å². The van der Waals surface area contributed by atoms with Crippen LogP contribution in [0.5, 0.6) is 0 Å². The Morgan fingerprint density at radius 3 is 2.69 bits per heavy atom. The molecule has 3 nitrogen and oxygen atoms in total. The molecule has 1 heterocycles. The molecule has 0 aliphatic carbocycles. The van der Waals surface area contributed by atoms with Gasteiger partial charge in [0.15, 0.2) is 0 Å². The van der Waals surface area contributed by atoms with Crippen molar-refractivity contribution in [1.29, 1.82) is 5.26 Å². The molecule has 1 saturated heterocycles. The van der Waals surface area contributed by atoms with E-state index in [1.807, 2.05) is 13.8 Å². The van der Waals surface area contributed by atoms with Gasteiger partial charge in [0.2, 0.25) is 0 Å². The molecule has 0 aromatic carbocycles. The molecular weight excluding hydrogens is 164 g/mol. The first-order valence-electron chi connectivity index (χ1n) is 4.86. The van der Waals surface area contributed by atoms with Gasteiger partial charge in [0, 0.05) is 0 Å². The minimum absolute atomic E-state index is 0.169. The molecule has 3 heteroatoms. The second-order valence-corrected chi connectivity index (χ2v) is 4.29. The standard InChI is InChI=1S/C10H18N2O/c1-10(2,8-11)4-3-5-12-9-6-13-7-9/h9,12H,3-7H2,1-2H3. The summed E-state index contributed by atoms with van der Waals surface area (Å²) in [6.45, 7) is 6.67. The molecule has 1 rings (SSSR count). The average molecular weight is 182 g/mol. The fraction of sp³-hybridized carbons (Fsp3) is 0.900. The van der Waals surface area contributed by atoms with Crippen molar-refractivity contribution in [2.45, 2.75) is 32.7 Å². The summed E-state index contributed by atoms with van der Waals surface area (Å²) in [5, 5.41) is 12.2. The van der Waals surface area contributed by atoms with E-state index in [1.54, 1.807) is 0 Å². The van der Waals surface area contributed by atoms with Crippen molar-refractivity contribution in [2.75, 3.05) is 19.8 Å². The smallest absolute Gasteiger partial charge is 0.0683 e. The van der Waals surface area contributed by atoms with Gasteiger partial charge in [-0.3, -0.25) is 0 Å². The summed E-state index contributed by atoms with van der Waals surface area (Å²) in [5.74, 6) is 0. The van der Waals surface area contributed by atoms with Crippen LogP contribution in [0.3, 0.4) is 0 Å². The van der Waals surface area contributed by atoms with E-state index in [1.165, 1.54) is 0 Å². The zero-order chi connectivity index (χ0) is 9.73. The molecule has 0 radical (unpaired) electrons. The Hall–Kier alpha value is -0.590. The van der Waals surface area contributed by atoms with Gasteiger partial charge in [0.1, 0.15) is 0 Å². The molecule has 0 unspecified atom stereocenters. The Morgan fingerprint density at radius 1 is 1.54 bits per heavy atom. The predicted molar refractivity (Wildman–Crippen MR) is 51.2 cm³/mol. The molecule has 1 aliphatic heterocycles. The number of hydrogen-bond acceptors (Lipinski definition) is 3. The molecule has 13 heavy (non-hydrogen) atoms. The Morgan fingerprint density at radius 2 is 2.23 bits per heavy atom. The van der Waals surface area contributed by atoms with E-state index in [0.29, 0.717) is 6.04 Å². The molecule has 1 aliphatic rings. The summed E-state index contributed by atoms with van der Waals surface area (Å²) in [6.07, 6.45) is 2.03. The van der Waals surface area contributed by atoms with E-state index in [9.17, 15) is 0 Å². The summed E-state index contributed by atoms with van der Waals surface area (Å²) >= 11 is 0. The second-order valence-electron chi connectivity index (χ2n) is 4.29. The van der Waals surface area contributed by atoms with Crippen LogP contribution in [0, 0.1) is 16.7 Å². The molecule has 0 bridgehead atoms. The second kappa shape index (κ2) is 4.59. The number of nitrogens with one attached hydrogen (secondary N) is 1. The van der Waals surface area contributed by atoms with Crippen molar-refractivity contribution in [1.82, 2.24) is 5.32 Å². The maximum absolute atomic E-state index is 8.77. The Bertz CT molecular complexity index is 192. The van der Waals surface area contributed by atoms with Crippen LogP contribution >= 0.6 is 0 Å². The fourth-order valence-corrected chi connectivity index (χ4v) is 1.25. The zero-order valence-corrected chi connectivity index (χ0v) is 8.47. The van der Waals surface area contributed by atoms with Gasteiger partial charge in [-0.1, -0.05) is 0 Å². The minimum Gasteiger partial charge on any atom is -0.378 e. The van der Waals surface area contributed by atoms with Crippen LogP contribution in [-0.2, 0) is 4.74 Å². The first-order valence-corrected chi connectivity index (χ1v) is 4.86. The average Bonchev–Trinajstić information content (AvgIpc) is 2.01. The molecule has 0 atom stereocenters. The lowest BCUT2D eigenvalue weighted by Crippen LogP contribution is -2.46. The predicted octanol–water partition coefficient (Wildman–Crippen LogP) is 1.30. The van der Waals surface area contributed by atoms with Crippen LogP contribution in [0.25, 0.3) is 0 Å². The van der Waals surface area contributed by atoms with Gasteiger partial charge in [-0.25, -0.2) is 0 Å². The summed E-state index contributed by atoms with van der Waals surface area (Å²) in [7, 11) is 0. The lowest BCUT2D eigenvalue weighted by molar-refractivity contribution is -0.00510. The number of hydrogen-bond donors (Lipinski definition) is 1. The largest absolute Gasteiger partial charge is 0.378 e. The molecule has 0 aromatic heterocycles. The Balaban J connectivity index is 1.97. The number of nitrogens with zero attached hydrogens (tertiary/aromatic N) is 1. The number of ether oxygens (including phenoxy) is 1. The summed E-state index contributed by atoms with van der Waals surface area (Å²) in [6, 6.07) is 2.87. The highest BCUT2D eigenvalue weighted by molar-refractivity contribution is 4.91. The quantitative estimate of drug-likeness (QED) is 0.652. The molecule has 0 aromatic rings. The lowest BCUT2D eigenvalue weighted by atomic mass is 9.90. The zero-order valence-electron chi connectivity index (χ0n) is 8.47. The third kappa shape index (κ3) is 3.75. The lowest BCUT2D eigenvalue weighted by Gasteiger charge is -2.27. The Kier molecular flexibility index (Phi) is 3.71. The van der Waals surface area contributed by atoms with E-state index in [4.69, 9.17) is 10.00 Å². The van der Waals surface area contributed by atoms with Crippen molar-refractivity contribution >= 4 is 0 Å². The van der Waals surface area contributed by atoms with E-state index in [-0.39, 0.29) is 5.41 Å². The van der Waals surface area contributed by atoms with Crippen LogP contribution in [0.15, 0.2) is 0 Å². The molecule has 0 amide bonds. The first kappa shape index (κ1) is 10.5. The molecule has 1 fully saturated rings. The van der Waals surface area contributed by atoms with Crippen LogP contribution in [0.2, 0.25) is 0 Å². The van der Waals surface area contributed by atoms with Crippen molar-refractivity contribution in [3.63, 3.8) is 0 Å². The highest BCUT2D eigenvalue weighted by atomic mass is 16.5. The van der Waals surface area contributed by atoms with Crippen LogP contribution in [0.1, 0.15) is 26.7 Å². The molecule has 0 spiro atoms. The van der Waals surface area contributed by atoms with Gasteiger partial charge in [0.25, 0.3) is 0 Å². The normalized spacial score (nSPS) is 17.9. The van der Waals surface area contributed by atoms with Gasteiger partial charge >= 0.3 is 0 Å². The van der Waals surface area contributed by atoms with E-state index in [0.717, 1.165) is 32.6 Å². The van der Waals surface area contributed by atoms with Crippen molar-refractivity contribution in [2.24, 2.45) is 5.41 Å². The van der Waals surface area contributed by atoms with E-state index in [2.05, 4.69) is 11.4 Å². The van der Waals surface area contributed by atoms with E-state index >= 15 is 0 Å². The molecule has 1 N–H and O–H groups in total. The number of nitriles is 1. The van der Waals surface area contributed by atoms with Crippen LogP contribution in [-0.4, -0.2) is 25.8 Å². The van der Waals surface area contributed by atoms with Gasteiger partial charge in [-0.05, 0) is 33.2 Å². The monoisotopic (exact) mass is 182 g/mol. The maximum Gasteiger partial charge on any atom is 0.0683 e. The summed E-state index contributed by atoms with van der Waals surface area (Å²) in [5.41, 5.74) is -0.169. The molecule has 74 valence electrons. The summed E-state index contributed by atoms with van der Waals surface area (Å²) in [4.78, 5) is 0. The van der Waals surface area contributed by atoms with Gasteiger partial charge < -0.3 is 10.1 Å². The minimum atomic E-state index is -0.169. The van der Waals surface area contributed by atoms with Crippen molar-refractivity contribution < 1.29 is 4.74 Å². The first-order chi connectivity index (χ1) is 6.14. The van der Waals surface area contributed by atoms with Gasteiger partial charge in [0.05, 0.1) is 30.7 Å². The topological polar surface area (TPSA) is 45.0 Å². The Labute approximate surface area is 80.1 Å². The summed E-state index contributed by atoms with van der Waals surface area (Å²) < 4.78 is 5.04. The highest BCUT2D eigenvalue weighted by Gasteiger charge is 2.18. The van der Waals surface area contributed by atoms with Crippen LogP contribution < -0.4 is 5.32 Å². The van der Waals surface area contributed by atoms with Crippen LogP contribution in [0.4, 0.5) is 0 Å². The SMILES string of the molecule is CC(C)(C#N)CCCNC1COC1. The van der Waals surface area contributed by atoms with Crippen molar-refractivity contribution in [3.8, 4) is 6.07 Å². The third-order valence-corrected chi connectivity index (χ3v) is 2.35. The number of rotatable bonds is 5. The highest BCUT2D eigenvalue weighted by Crippen LogP contribution is 2.20. The fourth-order valence-electron chi connectivity index (χ4n) is 1.25. The van der Waals surface area contributed by atoms with Gasteiger partial charge in [-0.2, -0.15) is 5.26 Å². The van der Waals surface area contributed by atoms with Crippen molar-refractivity contribution in [3.05, 3.63) is 0 Å².